The van der Waals surface area contributed by atoms with Crippen molar-refractivity contribution in [3.63, 3.8) is 0 Å². The first-order chi connectivity index (χ1) is 13.0. The Morgan fingerprint density at radius 2 is 2.26 bits per heavy atom. The van der Waals surface area contributed by atoms with Gasteiger partial charge in [-0.15, -0.1) is 11.3 Å². The van der Waals surface area contributed by atoms with E-state index in [0.29, 0.717) is 31.1 Å². The number of carbonyl (C=O) groups is 2. The molecule has 2 fully saturated rings. The van der Waals surface area contributed by atoms with Crippen LogP contribution in [0.2, 0.25) is 0 Å². The Kier molecular flexibility index (Phi) is 5.01. The largest absolute Gasteiger partial charge is 0.373 e. The lowest BCUT2D eigenvalue weighted by molar-refractivity contribution is -0.134. The van der Waals surface area contributed by atoms with Gasteiger partial charge >= 0.3 is 0 Å². The van der Waals surface area contributed by atoms with Gasteiger partial charge in [-0.25, -0.2) is 4.98 Å². The number of amides is 2. The van der Waals surface area contributed by atoms with Crippen LogP contribution in [-0.2, 0) is 9.53 Å². The number of morpholine rings is 1. The Labute approximate surface area is 162 Å². The van der Waals surface area contributed by atoms with Crippen LogP contribution in [0.5, 0.6) is 0 Å². The lowest BCUT2D eigenvalue weighted by Gasteiger charge is -2.34. The van der Waals surface area contributed by atoms with Crippen molar-refractivity contribution in [2.45, 2.75) is 32.3 Å². The van der Waals surface area contributed by atoms with Crippen LogP contribution in [0.1, 0.15) is 34.6 Å². The first-order valence-corrected chi connectivity index (χ1v) is 10.1. The van der Waals surface area contributed by atoms with Gasteiger partial charge in [0, 0.05) is 38.5 Å². The Morgan fingerprint density at radius 1 is 1.44 bits per heavy atom. The Balaban J connectivity index is 1.38. The minimum atomic E-state index is -0.163. The zero-order chi connectivity index (χ0) is 19.0. The maximum Gasteiger partial charge on any atom is 0.265 e. The van der Waals surface area contributed by atoms with E-state index in [4.69, 9.17) is 4.74 Å². The van der Waals surface area contributed by atoms with E-state index in [1.807, 2.05) is 16.2 Å². The lowest BCUT2D eigenvalue weighted by Crippen LogP contribution is -2.49. The van der Waals surface area contributed by atoms with Crippen molar-refractivity contribution >= 4 is 28.0 Å². The summed E-state index contributed by atoms with van der Waals surface area (Å²) < 4.78 is 7.74. The molecule has 1 saturated heterocycles. The van der Waals surface area contributed by atoms with Crippen molar-refractivity contribution in [2.24, 2.45) is 0 Å². The number of aromatic nitrogens is 2. The van der Waals surface area contributed by atoms with Crippen LogP contribution in [0, 0.1) is 6.92 Å². The standard InChI is InChI=1S/C19H24N4O3S/c1-13-18(27-17-9-20-12-23(13)17)19(25)21(2)10-15-11-22(6-7-26-15)16(24)8-14-4-3-5-14/h8-9,12,15H,3-7,10-11H2,1-2H3. The molecule has 8 heteroatoms. The number of likely N-dealkylation sites (N-methyl/N-ethyl adjacent to an activating group) is 1. The molecule has 144 valence electrons. The topological polar surface area (TPSA) is 67.2 Å². The van der Waals surface area contributed by atoms with Crippen LogP contribution in [0.15, 0.2) is 24.2 Å². The van der Waals surface area contributed by atoms with Gasteiger partial charge in [0.05, 0.1) is 18.9 Å². The first kappa shape index (κ1) is 18.2. The SMILES string of the molecule is Cc1c(C(=O)N(C)CC2CN(C(=O)C=C3CCC3)CCO2)sc2cncn12. The van der Waals surface area contributed by atoms with E-state index in [9.17, 15) is 9.59 Å². The number of thiazole rings is 1. The number of nitrogens with zero attached hydrogens (tertiary/aromatic N) is 4. The number of hydrogen-bond acceptors (Lipinski definition) is 5. The smallest absolute Gasteiger partial charge is 0.265 e. The molecule has 2 aromatic rings. The number of imidazole rings is 1. The zero-order valence-electron chi connectivity index (χ0n) is 15.7. The molecule has 4 rings (SSSR count). The van der Waals surface area contributed by atoms with E-state index in [1.165, 1.54) is 23.3 Å². The van der Waals surface area contributed by atoms with Crippen LogP contribution in [-0.4, -0.2) is 70.4 Å². The van der Waals surface area contributed by atoms with E-state index in [0.717, 1.165) is 23.4 Å². The molecule has 0 spiro atoms. The number of ether oxygens (including phenoxy) is 1. The number of allylic oxidation sites excluding steroid dienone is 1. The van der Waals surface area contributed by atoms with Crippen molar-refractivity contribution in [3.05, 3.63) is 34.7 Å². The molecule has 1 atom stereocenters. The zero-order valence-corrected chi connectivity index (χ0v) is 16.5. The van der Waals surface area contributed by atoms with Gasteiger partial charge in [-0.3, -0.25) is 14.0 Å². The van der Waals surface area contributed by atoms with Gasteiger partial charge in [0.15, 0.2) is 0 Å². The molecule has 27 heavy (non-hydrogen) atoms. The number of hydrogen-bond donors (Lipinski definition) is 0. The highest BCUT2D eigenvalue weighted by Gasteiger charge is 2.27. The van der Waals surface area contributed by atoms with E-state index >= 15 is 0 Å². The Hall–Kier alpha value is -2.19. The van der Waals surface area contributed by atoms with Crippen LogP contribution >= 0.6 is 11.3 Å². The highest BCUT2D eigenvalue weighted by atomic mass is 32.1. The predicted molar refractivity (Wildman–Crippen MR) is 103 cm³/mol. The minimum absolute atomic E-state index is 0.0233. The average Bonchev–Trinajstić information content (AvgIpc) is 3.20. The molecule has 0 radical (unpaired) electrons. The lowest BCUT2D eigenvalue weighted by atomic mass is 9.92. The monoisotopic (exact) mass is 388 g/mol. The number of rotatable bonds is 4. The van der Waals surface area contributed by atoms with E-state index in [1.54, 1.807) is 30.5 Å². The first-order valence-electron chi connectivity index (χ1n) is 9.30. The molecule has 0 bridgehead atoms. The van der Waals surface area contributed by atoms with E-state index in [-0.39, 0.29) is 17.9 Å². The van der Waals surface area contributed by atoms with Gasteiger partial charge in [-0.05, 0) is 26.2 Å². The van der Waals surface area contributed by atoms with Crippen LogP contribution in [0.25, 0.3) is 4.83 Å². The molecule has 1 saturated carbocycles. The number of fused-ring (bicyclic) bond motifs is 1. The van der Waals surface area contributed by atoms with Gasteiger partial charge in [0.25, 0.3) is 5.91 Å². The second kappa shape index (κ2) is 7.44. The summed E-state index contributed by atoms with van der Waals surface area (Å²) in [5.74, 6) is 0.0496. The van der Waals surface area contributed by atoms with Gasteiger partial charge < -0.3 is 14.5 Å². The fourth-order valence-corrected chi connectivity index (χ4v) is 4.57. The van der Waals surface area contributed by atoms with E-state index < -0.39 is 0 Å². The molecule has 0 aromatic carbocycles. The third-order valence-corrected chi connectivity index (χ3v) is 6.48. The van der Waals surface area contributed by atoms with Crippen LogP contribution in [0.3, 0.4) is 0 Å². The molecular weight excluding hydrogens is 364 g/mol. The van der Waals surface area contributed by atoms with Crippen molar-refractivity contribution in [1.29, 1.82) is 0 Å². The van der Waals surface area contributed by atoms with Crippen molar-refractivity contribution in [1.82, 2.24) is 19.2 Å². The van der Waals surface area contributed by atoms with Gasteiger partial charge in [0.2, 0.25) is 5.91 Å². The Morgan fingerprint density at radius 3 is 2.96 bits per heavy atom. The fraction of sp³-hybridized carbons (Fsp3) is 0.526. The molecule has 3 heterocycles. The highest BCUT2D eigenvalue weighted by molar-refractivity contribution is 7.19. The summed E-state index contributed by atoms with van der Waals surface area (Å²) in [6, 6.07) is 0. The molecule has 1 aliphatic carbocycles. The number of carbonyl (C=O) groups excluding carboxylic acids is 2. The fourth-order valence-electron chi connectivity index (χ4n) is 3.48. The second-order valence-electron chi connectivity index (χ2n) is 7.24. The molecule has 2 amide bonds. The highest BCUT2D eigenvalue weighted by Crippen LogP contribution is 2.26. The normalized spacial score (nSPS) is 19.9. The summed E-state index contributed by atoms with van der Waals surface area (Å²) in [5, 5.41) is 0. The summed E-state index contributed by atoms with van der Waals surface area (Å²) in [6.45, 7) is 4.03. The quantitative estimate of drug-likeness (QED) is 0.753. The van der Waals surface area contributed by atoms with Crippen molar-refractivity contribution < 1.29 is 14.3 Å². The summed E-state index contributed by atoms with van der Waals surface area (Å²) in [6.07, 6.45) is 8.38. The molecule has 1 aliphatic heterocycles. The van der Waals surface area contributed by atoms with Gasteiger partial charge in [0.1, 0.15) is 16.0 Å². The predicted octanol–water partition coefficient (Wildman–Crippen LogP) is 2.11. The maximum atomic E-state index is 12.9. The minimum Gasteiger partial charge on any atom is -0.373 e. The van der Waals surface area contributed by atoms with Gasteiger partial charge in [-0.2, -0.15) is 0 Å². The van der Waals surface area contributed by atoms with Gasteiger partial charge in [-0.1, -0.05) is 5.57 Å². The maximum absolute atomic E-state index is 12.9. The summed E-state index contributed by atoms with van der Waals surface area (Å²) >= 11 is 1.45. The summed E-state index contributed by atoms with van der Waals surface area (Å²) in [5.41, 5.74) is 2.15. The molecule has 1 unspecified atom stereocenters. The second-order valence-corrected chi connectivity index (χ2v) is 8.27. The number of aryl methyl sites for hydroxylation is 1. The Bertz CT molecular complexity index is 894. The molecule has 7 nitrogen and oxygen atoms in total. The molecule has 0 N–H and O–H groups in total. The molecule has 2 aromatic heterocycles. The van der Waals surface area contributed by atoms with Crippen molar-refractivity contribution in [3.8, 4) is 0 Å². The van der Waals surface area contributed by atoms with Crippen molar-refractivity contribution in [2.75, 3.05) is 33.3 Å². The summed E-state index contributed by atoms with van der Waals surface area (Å²) in [4.78, 5) is 34.6. The van der Waals surface area contributed by atoms with Crippen LogP contribution < -0.4 is 0 Å². The molecular formula is C19H24N4O3S. The van der Waals surface area contributed by atoms with Crippen LogP contribution in [0.4, 0.5) is 0 Å². The average molecular weight is 388 g/mol. The van der Waals surface area contributed by atoms with E-state index in [2.05, 4.69) is 4.98 Å². The third kappa shape index (κ3) is 3.64. The summed E-state index contributed by atoms with van der Waals surface area (Å²) in [7, 11) is 1.79. The molecule has 2 aliphatic rings. The third-order valence-electron chi connectivity index (χ3n) is 5.29.